The van der Waals surface area contributed by atoms with E-state index >= 15 is 0 Å². The quantitative estimate of drug-likeness (QED) is 0.765. The van der Waals surface area contributed by atoms with Gasteiger partial charge in [0.15, 0.2) is 5.78 Å². The molecule has 0 aromatic heterocycles. The molecule has 114 valence electrons. The molecule has 0 aliphatic heterocycles. The van der Waals surface area contributed by atoms with Crippen LogP contribution in [-0.2, 0) is 5.41 Å². The molecular weight excluding hydrogens is 292 g/mol. The normalized spacial score (nSPS) is 11.2. The molecule has 0 radical (unpaired) electrons. The van der Waals surface area contributed by atoms with Crippen molar-refractivity contribution in [1.82, 2.24) is 0 Å². The summed E-state index contributed by atoms with van der Waals surface area (Å²) in [4.78, 5) is 24.1. The van der Waals surface area contributed by atoms with Crippen molar-refractivity contribution in [3.63, 3.8) is 0 Å². The highest BCUT2D eigenvalue weighted by atomic mass is 32.2. The molecule has 0 saturated heterocycles. The van der Waals surface area contributed by atoms with Gasteiger partial charge in [0.1, 0.15) is 0 Å². The Bertz CT molecular complexity index is 652. The van der Waals surface area contributed by atoms with Crippen molar-refractivity contribution in [3.05, 3.63) is 71.3 Å². The predicted molar refractivity (Wildman–Crippen MR) is 92.7 cm³/mol. The lowest BCUT2D eigenvalue weighted by atomic mass is 9.87. The van der Waals surface area contributed by atoms with Gasteiger partial charge in [-0.25, -0.2) is 0 Å². The highest BCUT2D eigenvalue weighted by molar-refractivity contribution is 8.14. The number of rotatable bonds is 4. The van der Waals surface area contributed by atoms with Crippen LogP contribution in [0.15, 0.2) is 54.6 Å². The standard InChI is InChI=1S/C19H20O2S/c1-19(2,3)16-11-9-15(10-12-16)18(21)22-13-17(20)14-7-5-4-6-8-14/h4-12H,13H2,1-3H3. The van der Waals surface area contributed by atoms with Crippen molar-refractivity contribution in [2.24, 2.45) is 0 Å². The minimum Gasteiger partial charge on any atom is -0.293 e. The largest absolute Gasteiger partial charge is 0.293 e. The van der Waals surface area contributed by atoms with Crippen LogP contribution in [0.2, 0.25) is 0 Å². The van der Waals surface area contributed by atoms with Gasteiger partial charge in [-0.05, 0) is 11.0 Å². The van der Waals surface area contributed by atoms with Gasteiger partial charge in [0.25, 0.3) is 0 Å². The van der Waals surface area contributed by atoms with E-state index in [1.54, 1.807) is 12.1 Å². The summed E-state index contributed by atoms with van der Waals surface area (Å²) in [5.74, 6) is 0.148. The maximum absolute atomic E-state index is 12.2. The van der Waals surface area contributed by atoms with Crippen LogP contribution in [0.1, 0.15) is 47.1 Å². The molecule has 0 saturated carbocycles. The Morgan fingerprint density at radius 2 is 1.45 bits per heavy atom. The Hall–Kier alpha value is -1.87. The van der Waals surface area contributed by atoms with E-state index in [0.717, 1.165) is 11.8 Å². The summed E-state index contributed by atoms with van der Waals surface area (Å²) in [7, 11) is 0. The molecule has 0 heterocycles. The smallest absolute Gasteiger partial charge is 0.219 e. The molecule has 0 unspecified atom stereocenters. The lowest BCUT2D eigenvalue weighted by molar-refractivity contribution is 0.101. The monoisotopic (exact) mass is 312 g/mol. The van der Waals surface area contributed by atoms with Gasteiger partial charge in [0, 0.05) is 11.1 Å². The van der Waals surface area contributed by atoms with E-state index in [0.29, 0.717) is 11.1 Å². The molecule has 0 atom stereocenters. The molecule has 0 N–H and O–H groups in total. The summed E-state index contributed by atoms with van der Waals surface area (Å²) in [6, 6.07) is 16.7. The fraction of sp³-hybridized carbons (Fsp3) is 0.263. The van der Waals surface area contributed by atoms with Crippen molar-refractivity contribution in [2.75, 3.05) is 5.75 Å². The minimum absolute atomic E-state index is 0.0229. The highest BCUT2D eigenvalue weighted by Crippen LogP contribution is 2.23. The van der Waals surface area contributed by atoms with Gasteiger partial charge < -0.3 is 0 Å². The van der Waals surface area contributed by atoms with E-state index < -0.39 is 0 Å². The summed E-state index contributed by atoms with van der Waals surface area (Å²) in [5, 5.41) is -0.0651. The van der Waals surface area contributed by atoms with Gasteiger partial charge >= 0.3 is 0 Å². The number of benzene rings is 2. The summed E-state index contributed by atoms with van der Waals surface area (Å²) in [6.07, 6.45) is 0. The molecule has 3 heteroatoms. The van der Waals surface area contributed by atoms with Crippen molar-refractivity contribution in [3.8, 4) is 0 Å². The maximum Gasteiger partial charge on any atom is 0.219 e. The lowest BCUT2D eigenvalue weighted by Gasteiger charge is -2.18. The third kappa shape index (κ3) is 4.31. The van der Waals surface area contributed by atoms with Crippen LogP contribution < -0.4 is 0 Å². The summed E-state index contributed by atoms with van der Waals surface area (Å²) in [5.41, 5.74) is 2.54. The first-order valence-corrected chi connectivity index (χ1v) is 8.22. The van der Waals surface area contributed by atoms with E-state index in [-0.39, 0.29) is 22.1 Å². The zero-order valence-corrected chi connectivity index (χ0v) is 13.9. The first kappa shape index (κ1) is 16.5. The van der Waals surface area contributed by atoms with Crippen molar-refractivity contribution >= 4 is 22.7 Å². The van der Waals surface area contributed by atoms with E-state index in [1.165, 1.54) is 5.56 Å². The van der Waals surface area contributed by atoms with Gasteiger partial charge in [-0.1, -0.05) is 87.1 Å². The molecule has 0 aliphatic carbocycles. The van der Waals surface area contributed by atoms with E-state index in [2.05, 4.69) is 20.8 Å². The average Bonchev–Trinajstić information content (AvgIpc) is 2.52. The van der Waals surface area contributed by atoms with Crippen LogP contribution in [0.5, 0.6) is 0 Å². The molecule has 2 aromatic carbocycles. The topological polar surface area (TPSA) is 34.1 Å². The third-order valence-corrected chi connectivity index (χ3v) is 4.32. The van der Waals surface area contributed by atoms with Crippen LogP contribution in [-0.4, -0.2) is 16.7 Å². The lowest BCUT2D eigenvalue weighted by Crippen LogP contribution is -2.11. The molecule has 0 spiro atoms. The van der Waals surface area contributed by atoms with Crippen molar-refractivity contribution in [1.29, 1.82) is 0 Å². The number of Topliss-reactive ketones (excluding diaryl/α,β-unsaturated/α-hetero) is 1. The van der Waals surface area contributed by atoms with E-state index in [1.807, 2.05) is 42.5 Å². The molecule has 2 aromatic rings. The van der Waals surface area contributed by atoms with Crippen molar-refractivity contribution < 1.29 is 9.59 Å². The molecule has 0 fully saturated rings. The van der Waals surface area contributed by atoms with E-state index in [9.17, 15) is 9.59 Å². The van der Waals surface area contributed by atoms with Crippen LogP contribution in [0, 0.1) is 0 Å². The SMILES string of the molecule is CC(C)(C)c1ccc(C(=O)SCC(=O)c2ccccc2)cc1. The molecule has 2 rings (SSSR count). The molecular formula is C19H20O2S. The van der Waals surface area contributed by atoms with Crippen LogP contribution in [0.4, 0.5) is 0 Å². The second-order valence-corrected chi connectivity index (χ2v) is 7.14. The van der Waals surface area contributed by atoms with Crippen LogP contribution >= 0.6 is 11.8 Å². The Kier molecular flexibility index (Phi) is 5.19. The number of ketones is 1. The summed E-state index contributed by atoms with van der Waals surface area (Å²) >= 11 is 1.06. The van der Waals surface area contributed by atoms with Gasteiger partial charge in [0.05, 0.1) is 5.75 Å². The number of hydrogen-bond acceptors (Lipinski definition) is 3. The average molecular weight is 312 g/mol. The van der Waals surface area contributed by atoms with Crippen LogP contribution in [0.3, 0.4) is 0 Å². The summed E-state index contributed by atoms with van der Waals surface area (Å²) in [6.45, 7) is 6.41. The Morgan fingerprint density at radius 1 is 0.864 bits per heavy atom. The molecule has 0 bridgehead atoms. The summed E-state index contributed by atoms with van der Waals surface area (Å²) < 4.78 is 0. The maximum atomic E-state index is 12.2. The van der Waals surface area contributed by atoms with E-state index in [4.69, 9.17) is 0 Å². The highest BCUT2D eigenvalue weighted by Gasteiger charge is 2.15. The predicted octanol–water partition coefficient (Wildman–Crippen LogP) is 4.74. The third-order valence-electron chi connectivity index (χ3n) is 3.42. The van der Waals surface area contributed by atoms with Crippen LogP contribution in [0.25, 0.3) is 0 Å². The number of thioether (sulfide) groups is 1. The molecule has 0 aliphatic rings. The molecule has 0 amide bonds. The first-order valence-electron chi connectivity index (χ1n) is 7.24. The van der Waals surface area contributed by atoms with Gasteiger partial charge in [0.2, 0.25) is 5.12 Å². The van der Waals surface area contributed by atoms with Gasteiger partial charge in [-0.2, -0.15) is 0 Å². The zero-order valence-electron chi connectivity index (χ0n) is 13.1. The Balaban J connectivity index is 1.97. The second-order valence-electron chi connectivity index (χ2n) is 6.19. The number of hydrogen-bond donors (Lipinski definition) is 0. The van der Waals surface area contributed by atoms with Crippen molar-refractivity contribution in [2.45, 2.75) is 26.2 Å². The van der Waals surface area contributed by atoms with Gasteiger partial charge in [-0.15, -0.1) is 0 Å². The minimum atomic E-state index is -0.0651. The number of carbonyl (C=O) groups is 2. The fourth-order valence-corrected chi connectivity index (χ4v) is 2.76. The fourth-order valence-electron chi connectivity index (χ4n) is 2.03. The first-order chi connectivity index (χ1) is 10.4. The Labute approximate surface area is 135 Å². The molecule has 22 heavy (non-hydrogen) atoms. The zero-order chi connectivity index (χ0) is 16.2. The Morgan fingerprint density at radius 3 is 2.00 bits per heavy atom. The molecule has 2 nitrogen and oxygen atoms in total. The second kappa shape index (κ2) is 6.93. The number of carbonyl (C=O) groups excluding carboxylic acids is 2. The van der Waals surface area contributed by atoms with Gasteiger partial charge in [-0.3, -0.25) is 9.59 Å².